The SMILES string of the molecule is OCCc1cn(C2CCC2S)nn1. The summed E-state index contributed by atoms with van der Waals surface area (Å²) in [5.41, 5.74) is 0.856. The summed E-state index contributed by atoms with van der Waals surface area (Å²) in [4.78, 5) is 0. The number of aromatic nitrogens is 3. The number of hydrogen-bond acceptors (Lipinski definition) is 4. The molecule has 1 heterocycles. The lowest BCUT2D eigenvalue weighted by atomic mass is 9.92. The normalized spacial score (nSPS) is 27.2. The Balaban J connectivity index is 2.04. The summed E-state index contributed by atoms with van der Waals surface area (Å²) >= 11 is 4.41. The topological polar surface area (TPSA) is 50.9 Å². The zero-order valence-corrected chi connectivity index (χ0v) is 8.19. The van der Waals surface area contributed by atoms with E-state index in [4.69, 9.17) is 5.11 Å². The molecule has 2 atom stereocenters. The molecular weight excluding hydrogens is 186 g/mol. The van der Waals surface area contributed by atoms with Crippen LogP contribution in [-0.2, 0) is 6.42 Å². The van der Waals surface area contributed by atoms with Gasteiger partial charge in [0.25, 0.3) is 0 Å². The third-order valence-electron chi connectivity index (χ3n) is 2.47. The number of rotatable bonds is 3. The highest BCUT2D eigenvalue weighted by Crippen LogP contribution is 2.35. The van der Waals surface area contributed by atoms with Crippen LogP contribution in [0.25, 0.3) is 0 Å². The molecule has 0 spiro atoms. The van der Waals surface area contributed by atoms with Gasteiger partial charge in [-0.25, -0.2) is 4.68 Å². The van der Waals surface area contributed by atoms with Crippen molar-refractivity contribution >= 4 is 12.6 Å². The Kier molecular flexibility index (Phi) is 2.55. The summed E-state index contributed by atoms with van der Waals surface area (Å²) in [7, 11) is 0. The molecule has 0 aromatic carbocycles. The van der Waals surface area contributed by atoms with Gasteiger partial charge in [0.05, 0.1) is 11.7 Å². The van der Waals surface area contributed by atoms with Crippen LogP contribution in [0.4, 0.5) is 0 Å². The molecule has 2 rings (SSSR count). The second-order valence-electron chi connectivity index (χ2n) is 3.38. The smallest absolute Gasteiger partial charge is 0.0850 e. The summed E-state index contributed by atoms with van der Waals surface area (Å²) in [5.74, 6) is 0. The third-order valence-corrected chi connectivity index (χ3v) is 3.07. The van der Waals surface area contributed by atoms with Crippen LogP contribution in [0.5, 0.6) is 0 Å². The first kappa shape index (κ1) is 9.02. The molecule has 0 radical (unpaired) electrons. The zero-order chi connectivity index (χ0) is 9.26. The molecule has 5 heteroatoms. The zero-order valence-electron chi connectivity index (χ0n) is 7.30. The van der Waals surface area contributed by atoms with E-state index in [1.165, 1.54) is 0 Å². The molecule has 1 saturated carbocycles. The fourth-order valence-corrected chi connectivity index (χ4v) is 1.91. The van der Waals surface area contributed by atoms with Gasteiger partial charge in [-0.3, -0.25) is 0 Å². The van der Waals surface area contributed by atoms with E-state index in [0.29, 0.717) is 17.7 Å². The molecule has 72 valence electrons. The standard InChI is InChI=1S/C8H13N3OS/c12-4-3-6-5-11(10-9-6)7-1-2-8(7)13/h5,7-8,12-13H,1-4H2. The molecule has 13 heavy (non-hydrogen) atoms. The largest absolute Gasteiger partial charge is 0.396 e. The summed E-state index contributed by atoms with van der Waals surface area (Å²) in [6, 6.07) is 0.406. The second kappa shape index (κ2) is 3.67. The molecule has 1 aliphatic carbocycles. The van der Waals surface area contributed by atoms with Crippen molar-refractivity contribution in [1.29, 1.82) is 0 Å². The summed E-state index contributed by atoms with van der Waals surface area (Å²) in [6.07, 6.45) is 4.78. The average molecular weight is 199 g/mol. The molecule has 4 nitrogen and oxygen atoms in total. The highest BCUT2D eigenvalue weighted by Gasteiger charge is 2.30. The van der Waals surface area contributed by atoms with Crippen molar-refractivity contribution in [3.63, 3.8) is 0 Å². The van der Waals surface area contributed by atoms with Gasteiger partial charge in [0.2, 0.25) is 0 Å². The Hall–Kier alpha value is -0.550. The summed E-state index contributed by atoms with van der Waals surface area (Å²) in [6.45, 7) is 0.133. The van der Waals surface area contributed by atoms with E-state index in [9.17, 15) is 0 Å². The van der Waals surface area contributed by atoms with Gasteiger partial charge in [0, 0.05) is 24.5 Å². The minimum absolute atomic E-state index is 0.133. The first-order valence-corrected chi connectivity index (χ1v) is 5.02. The van der Waals surface area contributed by atoms with Crippen molar-refractivity contribution in [2.75, 3.05) is 6.61 Å². The van der Waals surface area contributed by atoms with Crippen LogP contribution in [0.1, 0.15) is 24.6 Å². The van der Waals surface area contributed by atoms with Crippen LogP contribution in [0.2, 0.25) is 0 Å². The third kappa shape index (κ3) is 1.71. The van der Waals surface area contributed by atoms with Gasteiger partial charge in [0.1, 0.15) is 0 Å². The monoisotopic (exact) mass is 199 g/mol. The van der Waals surface area contributed by atoms with Crippen LogP contribution in [-0.4, -0.2) is 32.0 Å². The van der Waals surface area contributed by atoms with Crippen molar-refractivity contribution in [3.05, 3.63) is 11.9 Å². The van der Waals surface area contributed by atoms with Crippen LogP contribution >= 0.6 is 12.6 Å². The van der Waals surface area contributed by atoms with E-state index < -0.39 is 0 Å². The molecule has 2 unspecified atom stereocenters. The van der Waals surface area contributed by atoms with E-state index in [-0.39, 0.29) is 6.61 Å². The molecule has 0 saturated heterocycles. The number of nitrogens with zero attached hydrogens (tertiary/aromatic N) is 3. The Morgan fingerprint density at radius 2 is 2.46 bits per heavy atom. The van der Waals surface area contributed by atoms with Crippen molar-refractivity contribution in [2.24, 2.45) is 0 Å². The number of hydrogen-bond donors (Lipinski definition) is 2. The maximum atomic E-state index is 8.70. The fraction of sp³-hybridized carbons (Fsp3) is 0.750. The molecule has 1 aromatic rings. The Morgan fingerprint density at radius 1 is 1.62 bits per heavy atom. The second-order valence-corrected chi connectivity index (χ2v) is 4.04. The Bertz CT molecular complexity index is 289. The van der Waals surface area contributed by atoms with Crippen molar-refractivity contribution in [2.45, 2.75) is 30.6 Å². The van der Waals surface area contributed by atoms with Gasteiger partial charge in [-0.2, -0.15) is 12.6 Å². The van der Waals surface area contributed by atoms with Gasteiger partial charge < -0.3 is 5.11 Å². The molecule has 1 aliphatic rings. The predicted molar refractivity (Wildman–Crippen MR) is 51.9 cm³/mol. The van der Waals surface area contributed by atoms with Gasteiger partial charge in [-0.05, 0) is 12.8 Å². The first-order valence-electron chi connectivity index (χ1n) is 4.51. The van der Waals surface area contributed by atoms with E-state index in [1.54, 1.807) is 0 Å². The lowest BCUT2D eigenvalue weighted by molar-refractivity contribution is 0.297. The maximum absolute atomic E-state index is 8.70. The minimum atomic E-state index is 0.133. The van der Waals surface area contributed by atoms with Gasteiger partial charge in [-0.15, -0.1) is 5.10 Å². The predicted octanol–water partition coefficient (Wildman–Crippen LogP) is 0.446. The van der Waals surface area contributed by atoms with E-state index in [2.05, 4.69) is 22.9 Å². The summed E-state index contributed by atoms with van der Waals surface area (Å²) < 4.78 is 1.87. The van der Waals surface area contributed by atoms with E-state index in [0.717, 1.165) is 18.5 Å². The van der Waals surface area contributed by atoms with Crippen LogP contribution < -0.4 is 0 Å². The lowest BCUT2D eigenvalue weighted by Crippen LogP contribution is -2.30. The molecule has 1 N–H and O–H groups in total. The highest BCUT2D eigenvalue weighted by atomic mass is 32.1. The summed E-state index contributed by atoms with van der Waals surface area (Å²) in [5, 5.41) is 17.1. The molecule has 0 aliphatic heterocycles. The van der Waals surface area contributed by atoms with Gasteiger partial charge in [-0.1, -0.05) is 5.21 Å². The molecule has 1 fully saturated rings. The quantitative estimate of drug-likeness (QED) is 0.695. The average Bonchev–Trinajstić information content (AvgIpc) is 2.51. The number of aliphatic hydroxyl groups is 1. The molecular formula is C8H13N3OS. The van der Waals surface area contributed by atoms with Crippen LogP contribution in [0, 0.1) is 0 Å². The van der Waals surface area contributed by atoms with E-state index >= 15 is 0 Å². The first-order chi connectivity index (χ1) is 6.31. The van der Waals surface area contributed by atoms with Gasteiger partial charge in [0.15, 0.2) is 0 Å². The highest BCUT2D eigenvalue weighted by molar-refractivity contribution is 7.81. The molecule has 0 amide bonds. The Morgan fingerprint density at radius 3 is 3.00 bits per heavy atom. The fourth-order valence-electron chi connectivity index (χ4n) is 1.48. The van der Waals surface area contributed by atoms with Crippen molar-refractivity contribution in [3.8, 4) is 0 Å². The lowest BCUT2D eigenvalue weighted by Gasteiger charge is -2.32. The van der Waals surface area contributed by atoms with E-state index in [1.807, 2.05) is 10.9 Å². The minimum Gasteiger partial charge on any atom is -0.396 e. The Labute approximate surface area is 82.4 Å². The van der Waals surface area contributed by atoms with Crippen LogP contribution in [0.15, 0.2) is 6.20 Å². The molecule has 0 bridgehead atoms. The van der Waals surface area contributed by atoms with Crippen molar-refractivity contribution < 1.29 is 5.11 Å². The van der Waals surface area contributed by atoms with Crippen molar-refractivity contribution in [1.82, 2.24) is 15.0 Å². The maximum Gasteiger partial charge on any atom is 0.0850 e. The number of thiol groups is 1. The van der Waals surface area contributed by atoms with Gasteiger partial charge >= 0.3 is 0 Å². The number of aliphatic hydroxyl groups excluding tert-OH is 1. The van der Waals surface area contributed by atoms with Crippen LogP contribution in [0.3, 0.4) is 0 Å². The molecule has 1 aromatic heterocycles.